The van der Waals surface area contributed by atoms with E-state index in [1.165, 1.54) is 17.4 Å². The van der Waals surface area contributed by atoms with E-state index in [1.54, 1.807) is 17.9 Å². The highest BCUT2D eigenvalue weighted by Gasteiger charge is 2.44. The smallest absolute Gasteiger partial charge is 0.370 e. The lowest BCUT2D eigenvalue weighted by molar-refractivity contribution is -0.137. The SMILES string of the molecule is CCS(=O)(=O)N1CCC([C@@H]2CN(c3ccc(C#N)c(C(F)(F)F)c3)C[C@H]2C(=O)NC)CC1. The van der Waals surface area contributed by atoms with E-state index in [2.05, 4.69) is 5.32 Å². The Morgan fingerprint density at radius 3 is 2.44 bits per heavy atom. The molecule has 176 valence electrons. The number of piperidine rings is 1. The van der Waals surface area contributed by atoms with Crippen LogP contribution in [0.2, 0.25) is 0 Å². The molecule has 2 fully saturated rings. The second-order valence-corrected chi connectivity index (χ2v) is 10.5. The number of rotatable bonds is 5. The van der Waals surface area contributed by atoms with E-state index in [0.717, 1.165) is 12.1 Å². The molecule has 0 radical (unpaired) electrons. The summed E-state index contributed by atoms with van der Waals surface area (Å²) >= 11 is 0. The normalized spacial score (nSPS) is 23.2. The van der Waals surface area contributed by atoms with E-state index in [9.17, 15) is 26.4 Å². The summed E-state index contributed by atoms with van der Waals surface area (Å²) in [6, 6.07) is 5.19. The van der Waals surface area contributed by atoms with Crippen LogP contribution in [0.25, 0.3) is 0 Å². The van der Waals surface area contributed by atoms with Crippen LogP contribution in [0.3, 0.4) is 0 Å². The van der Waals surface area contributed by atoms with Crippen LogP contribution >= 0.6 is 0 Å². The molecule has 1 aromatic rings. The largest absolute Gasteiger partial charge is 0.417 e. The topological polar surface area (TPSA) is 93.5 Å². The maximum Gasteiger partial charge on any atom is 0.417 e. The van der Waals surface area contributed by atoms with Gasteiger partial charge in [0.1, 0.15) is 0 Å². The lowest BCUT2D eigenvalue weighted by atomic mass is 9.78. The number of halogens is 3. The van der Waals surface area contributed by atoms with E-state index in [1.807, 2.05) is 0 Å². The van der Waals surface area contributed by atoms with Crippen molar-refractivity contribution in [1.29, 1.82) is 5.26 Å². The molecule has 2 aliphatic rings. The molecule has 7 nitrogen and oxygen atoms in total. The maximum absolute atomic E-state index is 13.4. The number of alkyl halides is 3. The van der Waals surface area contributed by atoms with E-state index < -0.39 is 33.2 Å². The molecule has 0 saturated carbocycles. The Morgan fingerprint density at radius 2 is 1.91 bits per heavy atom. The van der Waals surface area contributed by atoms with Crippen LogP contribution in [0, 0.1) is 29.1 Å². The molecule has 0 unspecified atom stereocenters. The highest BCUT2D eigenvalue weighted by atomic mass is 32.2. The second-order valence-electron chi connectivity index (χ2n) is 8.27. The number of amides is 1. The van der Waals surface area contributed by atoms with Gasteiger partial charge in [-0.3, -0.25) is 4.79 Å². The van der Waals surface area contributed by atoms with Gasteiger partial charge in [-0.2, -0.15) is 18.4 Å². The number of carbonyl (C=O) groups excluding carboxylic acids is 1. The fraction of sp³-hybridized carbons (Fsp3) is 0.619. The Morgan fingerprint density at radius 1 is 1.25 bits per heavy atom. The van der Waals surface area contributed by atoms with Crippen molar-refractivity contribution in [3.63, 3.8) is 0 Å². The van der Waals surface area contributed by atoms with Gasteiger partial charge >= 0.3 is 6.18 Å². The van der Waals surface area contributed by atoms with Gasteiger partial charge in [0, 0.05) is 38.9 Å². The minimum atomic E-state index is -4.65. The van der Waals surface area contributed by atoms with E-state index >= 15 is 0 Å². The van der Waals surface area contributed by atoms with Crippen molar-refractivity contribution in [3.8, 4) is 6.07 Å². The highest BCUT2D eigenvalue weighted by Crippen LogP contribution is 2.40. The van der Waals surface area contributed by atoms with Gasteiger partial charge in [0.2, 0.25) is 15.9 Å². The fourth-order valence-electron chi connectivity index (χ4n) is 4.81. The number of nitrogens with zero attached hydrogens (tertiary/aromatic N) is 3. The first-order chi connectivity index (χ1) is 15.0. The minimum Gasteiger partial charge on any atom is -0.370 e. The quantitative estimate of drug-likeness (QED) is 0.711. The number of sulfonamides is 1. The summed E-state index contributed by atoms with van der Waals surface area (Å²) in [5.41, 5.74) is -1.11. The van der Waals surface area contributed by atoms with Crippen LogP contribution in [0.1, 0.15) is 30.9 Å². The van der Waals surface area contributed by atoms with Gasteiger partial charge < -0.3 is 10.2 Å². The summed E-state index contributed by atoms with van der Waals surface area (Å²) in [6.07, 6.45) is -3.45. The van der Waals surface area contributed by atoms with Gasteiger partial charge in [0.15, 0.2) is 0 Å². The zero-order chi connectivity index (χ0) is 23.7. The molecule has 0 spiro atoms. The number of nitriles is 1. The van der Waals surface area contributed by atoms with Gasteiger partial charge in [0.05, 0.1) is 28.9 Å². The molecule has 1 aromatic carbocycles. The first kappa shape index (κ1) is 24.3. The van der Waals surface area contributed by atoms with Crippen LogP contribution in [0.5, 0.6) is 0 Å². The van der Waals surface area contributed by atoms with E-state index in [4.69, 9.17) is 5.26 Å². The third-order valence-electron chi connectivity index (χ3n) is 6.60. The Balaban J connectivity index is 1.83. The molecule has 1 amide bonds. The van der Waals surface area contributed by atoms with Crippen molar-refractivity contribution < 1.29 is 26.4 Å². The Bertz CT molecular complexity index is 999. The maximum atomic E-state index is 13.4. The average molecular weight is 473 g/mol. The second kappa shape index (κ2) is 9.27. The number of hydrogen-bond acceptors (Lipinski definition) is 5. The van der Waals surface area contributed by atoms with Gasteiger partial charge in [-0.1, -0.05) is 0 Å². The van der Waals surface area contributed by atoms with Crippen molar-refractivity contribution in [2.24, 2.45) is 17.8 Å². The first-order valence-electron chi connectivity index (χ1n) is 10.6. The van der Waals surface area contributed by atoms with Gasteiger partial charge in [-0.15, -0.1) is 0 Å². The molecule has 0 bridgehead atoms. The van der Waals surface area contributed by atoms with Crippen LogP contribution in [0.4, 0.5) is 18.9 Å². The molecule has 2 heterocycles. The zero-order valence-electron chi connectivity index (χ0n) is 18.0. The lowest BCUT2D eigenvalue weighted by Gasteiger charge is -2.35. The number of nitrogens with one attached hydrogen (secondary N) is 1. The van der Waals surface area contributed by atoms with Gasteiger partial charge in [-0.25, -0.2) is 12.7 Å². The monoisotopic (exact) mass is 472 g/mol. The third-order valence-corrected chi connectivity index (χ3v) is 8.49. The molecule has 11 heteroatoms. The van der Waals surface area contributed by atoms with Crippen molar-refractivity contribution in [3.05, 3.63) is 29.3 Å². The summed E-state index contributed by atoms with van der Waals surface area (Å²) in [4.78, 5) is 14.3. The molecule has 0 aliphatic carbocycles. The fourth-order valence-corrected chi connectivity index (χ4v) is 5.94. The summed E-state index contributed by atoms with van der Waals surface area (Å²) in [5, 5.41) is 11.7. The van der Waals surface area contributed by atoms with Crippen molar-refractivity contribution >= 4 is 21.6 Å². The molecular weight excluding hydrogens is 445 g/mol. The first-order valence-corrected chi connectivity index (χ1v) is 12.2. The van der Waals surface area contributed by atoms with Gasteiger partial charge in [0.25, 0.3) is 0 Å². The minimum absolute atomic E-state index is 0.0377. The molecule has 3 rings (SSSR count). The number of carbonyl (C=O) groups is 1. The van der Waals surface area contributed by atoms with Crippen LogP contribution in [0.15, 0.2) is 18.2 Å². The van der Waals surface area contributed by atoms with Crippen molar-refractivity contribution in [1.82, 2.24) is 9.62 Å². The Kier molecular flexibility index (Phi) is 7.05. The van der Waals surface area contributed by atoms with Gasteiger partial charge in [-0.05, 0) is 49.8 Å². The third kappa shape index (κ3) is 4.86. The van der Waals surface area contributed by atoms with Crippen LogP contribution in [-0.4, -0.2) is 57.6 Å². The summed E-state index contributed by atoms with van der Waals surface area (Å²) in [5.74, 6) is -0.566. The number of hydrogen-bond donors (Lipinski definition) is 1. The van der Waals surface area contributed by atoms with Crippen molar-refractivity contribution in [2.75, 3.05) is 43.9 Å². The summed E-state index contributed by atoms with van der Waals surface area (Å²) in [7, 11) is -1.74. The molecule has 2 saturated heterocycles. The molecule has 0 aromatic heterocycles. The molecule has 2 aliphatic heterocycles. The summed E-state index contributed by atoms with van der Waals surface area (Å²) < 4.78 is 66.0. The molecular formula is C21H27F3N4O3S. The predicted octanol–water partition coefficient (Wildman–Crippen LogP) is 2.44. The molecule has 32 heavy (non-hydrogen) atoms. The molecule has 2 atom stereocenters. The zero-order valence-corrected chi connectivity index (χ0v) is 18.8. The predicted molar refractivity (Wildman–Crippen MR) is 113 cm³/mol. The lowest BCUT2D eigenvalue weighted by Crippen LogP contribution is -2.43. The molecule has 1 N–H and O–H groups in total. The van der Waals surface area contributed by atoms with E-state index in [-0.39, 0.29) is 30.0 Å². The van der Waals surface area contributed by atoms with Crippen LogP contribution in [-0.2, 0) is 21.0 Å². The standard InChI is InChI=1S/C21H27F3N4O3S/c1-3-32(30,31)28-8-6-14(7-9-28)17-12-27(13-18(17)20(29)26-2)16-5-4-15(11-25)19(10-16)21(22,23)24/h4-5,10,14,17-18H,3,6-9,12-13H2,1-2H3,(H,26,29)/t17-,18+/m0/s1. The van der Waals surface area contributed by atoms with E-state index in [0.29, 0.717) is 38.2 Å². The Hall–Kier alpha value is -2.32. The van der Waals surface area contributed by atoms with Crippen molar-refractivity contribution in [2.45, 2.75) is 25.9 Å². The van der Waals surface area contributed by atoms with Crippen LogP contribution < -0.4 is 10.2 Å². The summed E-state index contributed by atoms with van der Waals surface area (Å²) in [6.45, 7) is 3.03. The highest BCUT2D eigenvalue weighted by molar-refractivity contribution is 7.89. The Labute approximate surface area is 186 Å². The average Bonchev–Trinajstić information content (AvgIpc) is 3.23. The number of benzene rings is 1. The number of anilines is 1.